The van der Waals surface area contributed by atoms with E-state index >= 15 is 0 Å². The zero-order chi connectivity index (χ0) is 15.1. The van der Waals surface area contributed by atoms with Crippen LogP contribution in [-0.4, -0.2) is 25.8 Å². The molecule has 0 fully saturated rings. The Kier molecular flexibility index (Phi) is 14.4. The molecule has 3 heteroatoms. The molecule has 0 amide bonds. The van der Waals surface area contributed by atoms with Gasteiger partial charge in [0.15, 0.2) is 0 Å². The molecular formula is C17H34O3. The average Bonchev–Trinajstić information content (AvgIpc) is 2.41. The molecule has 1 unspecified atom stereocenters. The van der Waals surface area contributed by atoms with E-state index < -0.39 is 0 Å². The van der Waals surface area contributed by atoms with E-state index in [0.29, 0.717) is 13.0 Å². The van der Waals surface area contributed by atoms with Gasteiger partial charge in [0.25, 0.3) is 0 Å². The van der Waals surface area contributed by atoms with E-state index in [1.807, 2.05) is 6.92 Å². The fourth-order valence-corrected chi connectivity index (χ4v) is 2.31. The van der Waals surface area contributed by atoms with Crippen LogP contribution in [0.15, 0.2) is 0 Å². The molecule has 0 saturated carbocycles. The Bertz CT molecular complexity index is 216. The number of carbonyl (C=O) groups excluding carboxylic acids is 1. The van der Waals surface area contributed by atoms with Crippen molar-refractivity contribution < 1.29 is 14.3 Å². The molecule has 0 aliphatic rings. The Morgan fingerprint density at radius 2 is 1.40 bits per heavy atom. The number of methoxy groups -OCH3 is 1. The molecule has 0 spiro atoms. The van der Waals surface area contributed by atoms with Crippen molar-refractivity contribution in [3.8, 4) is 0 Å². The zero-order valence-corrected chi connectivity index (χ0v) is 13.8. The van der Waals surface area contributed by atoms with Gasteiger partial charge < -0.3 is 9.47 Å². The van der Waals surface area contributed by atoms with Gasteiger partial charge in [-0.25, -0.2) is 0 Å². The second-order valence-electron chi connectivity index (χ2n) is 5.69. The number of hydrogen-bond donors (Lipinski definition) is 0. The van der Waals surface area contributed by atoms with Crippen LogP contribution in [0.4, 0.5) is 0 Å². The highest BCUT2D eigenvalue weighted by Crippen LogP contribution is 2.11. The number of ether oxygens (including phenoxy) is 2. The van der Waals surface area contributed by atoms with E-state index in [1.165, 1.54) is 51.4 Å². The summed E-state index contributed by atoms with van der Waals surface area (Å²) in [5.41, 5.74) is 0. The topological polar surface area (TPSA) is 35.5 Å². The third-order valence-electron chi connectivity index (χ3n) is 3.47. The van der Waals surface area contributed by atoms with Crippen molar-refractivity contribution in [2.24, 2.45) is 0 Å². The molecule has 0 aliphatic carbocycles. The summed E-state index contributed by atoms with van der Waals surface area (Å²) in [7, 11) is 1.62. The molecule has 0 radical (unpaired) electrons. The summed E-state index contributed by atoms with van der Waals surface area (Å²) in [6, 6.07) is 0. The molecule has 0 aliphatic heterocycles. The first kappa shape index (κ1) is 19.4. The Morgan fingerprint density at radius 3 is 1.90 bits per heavy atom. The molecule has 0 rings (SSSR count). The van der Waals surface area contributed by atoms with E-state index in [4.69, 9.17) is 9.47 Å². The largest absolute Gasteiger partial charge is 0.460 e. The highest BCUT2D eigenvalue weighted by Gasteiger charge is 2.08. The molecule has 120 valence electrons. The van der Waals surface area contributed by atoms with Gasteiger partial charge in [-0.2, -0.15) is 0 Å². The lowest BCUT2D eigenvalue weighted by Gasteiger charge is -2.11. The van der Waals surface area contributed by atoms with E-state index in [0.717, 1.165) is 12.8 Å². The van der Waals surface area contributed by atoms with Crippen LogP contribution >= 0.6 is 0 Å². The van der Waals surface area contributed by atoms with Gasteiger partial charge in [0.1, 0.15) is 6.10 Å². The molecule has 0 heterocycles. The lowest BCUT2D eigenvalue weighted by Crippen LogP contribution is -2.19. The second-order valence-corrected chi connectivity index (χ2v) is 5.69. The predicted octanol–water partition coefficient (Wildman–Crippen LogP) is 4.88. The van der Waals surface area contributed by atoms with Gasteiger partial charge in [-0.15, -0.1) is 0 Å². The van der Waals surface area contributed by atoms with E-state index in [9.17, 15) is 4.79 Å². The molecule has 0 aromatic heterocycles. The Morgan fingerprint density at radius 1 is 0.900 bits per heavy atom. The van der Waals surface area contributed by atoms with Crippen LogP contribution in [0, 0.1) is 0 Å². The fourth-order valence-electron chi connectivity index (χ4n) is 2.31. The van der Waals surface area contributed by atoms with Gasteiger partial charge >= 0.3 is 5.97 Å². The number of carbonyl (C=O) groups is 1. The molecule has 20 heavy (non-hydrogen) atoms. The minimum atomic E-state index is -0.129. The molecular weight excluding hydrogens is 252 g/mol. The first-order valence-electron chi connectivity index (χ1n) is 8.39. The molecule has 0 bridgehead atoms. The van der Waals surface area contributed by atoms with Crippen molar-refractivity contribution in [1.29, 1.82) is 0 Å². The smallest absolute Gasteiger partial charge is 0.306 e. The van der Waals surface area contributed by atoms with Crippen molar-refractivity contribution in [2.45, 2.75) is 90.6 Å². The lowest BCUT2D eigenvalue weighted by molar-refractivity contribution is -0.150. The maximum absolute atomic E-state index is 11.5. The van der Waals surface area contributed by atoms with Crippen LogP contribution in [0.2, 0.25) is 0 Å². The van der Waals surface area contributed by atoms with E-state index in [-0.39, 0.29) is 12.1 Å². The van der Waals surface area contributed by atoms with Gasteiger partial charge in [-0.05, 0) is 13.3 Å². The van der Waals surface area contributed by atoms with Gasteiger partial charge in [0, 0.05) is 13.5 Å². The van der Waals surface area contributed by atoms with E-state index in [1.54, 1.807) is 7.11 Å². The average molecular weight is 286 g/mol. The van der Waals surface area contributed by atoms with Crippen LogP contribution in [0.1, 0.15) is 84.5 Å². The molecule has 1 atom stereocenters. The van der Waals surface area contributed by atoms with Crippen LogP contribution in [0.25, 0.3) is 0 Å². The highest BCUT2D eigenvalue weighted by molar-refractivity contribution is 5.69. The summed E-state index contributed by atoms with van der Waals surface area (Å²) >= 11 is 0. The summed E-state index contributed by atoms with van der Waals surface area (Å²) in [6.45, 7) is 4.59. The van der Waals surface area contributed by atoms with Crippen molar-refractivity contribution in [3.63, 3.8) is 0 Å². The maximum Gasteiger partial charge on any atom is 0.306 e. The summed E-state index contributed by atoms with van der Waals surface area (Å²) in [5.74, 6) is -0.0888. The predicted molar refractivity (Wildman–Crippen MR) is 83.9 cm³/mol. The first-order chi connectivity index (χ1) is 9.70. The number of esters is 1. The van der Waals surface area contributed by atoms with Crippen molar-refractivity contribution in [2.75, 3.05) is 13.7 Å². The number of unbranched alkanes of at least 4 members (excludes halogenated alkanes) is 9. The number of hydrogen-bond acceptors (Lipinski definition) is 3. The normalized spacial score (nSPS) is 12.3. The van der Waals surface area contributed by atoms with E-state index in [2.05, 4.69) is 6.92 Å². The third kappa shape index (κ3) is 13.9. The van der Waals surface area contributed by atoms with Gasteiger partial charge in [-0.3, -0.25) is 4.79 Å². The summed E-state index contributed by atoms with van der Waals surface area (Å²) in [6.07, 6.45) is 13.3. The van der Waals surface area contributed by atoms with Crippen molar-refractivity contribution in [3.05, 3.63) is 0 Å². The Hall–Kier alpha value is -0.570. The Labute approximate surface area is 125 Å². The fraction of sp³-hybridized carbons (Fsp3) is 0.941. The van der Waals surface area contributed by atoms with Crippen molar-refractivity contribution >= 4 is 5.97 Å². The minimum Gasteiger partial charge on any atom is -0.460 e. The number of rotatable bonds is 14. The standard InChI is InChI=1S/C17H34O3/c1-4-5-6-7-8-9-10-11-12-13-14-17(18)20-16(2)15-19-3/h16H,4-15H2,1-3H3. The molecule has 0 N–H and O–H groups in total. The van der Waals surface area contributed by atoms with Gasteiger partial charge in [0.2, 0.25) is 0 Å². The molecule has 3 nitrogen and oxygen atoms in total. The molecule has 0 aromatic carbocycles. The summed E-state index contributed by atoms with van der Waals surface area (Å²) in [4.78, 5) is 11.5. The second kappa shape index (κ2) is 14.8. The SMILES string of the molecule is CCCCCCCCCCCCC(=O)OC(C)COC. The lowest BCUT2D eigenvalue weighted by atomic mass is 10.1. The van der Waals surface area contributed by atoms with Crippen LogP contribution < -0.4 is 0 Å². The summed E-state index contributed by atoms with van der Waals surface area (Å²) < 4.78 is 10.1. The van der Waals surface area contributed by atoms with Crippen LogP contribution in [0.5, 0.6) is 0 Å². The maximum atomic E-state index is 11.5. The van der Waals surface area contributed by atoms with Crippen LogP contribution in [-0.2, 0) is 14.3 Å². The van der Waals surface area contributed by atoms with Crippen LogP contribution in [0.3, 0.4) is 0 Å². The van der Waals surface area contributed by atoms with Gasteiger partial charge in [-0.1, -0.05) is 64.7 Å². The summed E-state index contributed by atoms with van der Waals surface area (Å²) in [5, 5.41) is 0. The van der Waals surface area contributed by atoms with Crippen molar-refractivity contribution in [1.82, 2.24) is 0 Å². The highest BCUT2D eigenvalue weighted by atomic mass is 16.6. The third-order valence-corrected chi connectivity index (χ3v) is 3.47. The Balaban J connectivity index is 3.21. The molecule has 0 saturated heterocycles. The first-order valence-corrected chi connectivity index (χ1v) is 8.39. The minimum absolute atomic E-state index is 0.0888. The quantitative estimate of drug-likeness (QED) is 0.337. The van der Waals surface area contributed by atoms with Gasteiger partial charge in [0.05, 0.1) is 6.61 Å². The molecule has 0 aromatic rings. The zero-order valence-electron chi connectivity index (χ0n) is 13.8. The monoisotopic (exact) mass is 286 g/mol.